The summed E-state index contributed by atoms with van der Waals surface area (Å²) in [5.41, 5.74) is 0.907. The molecule has 1 aromatic rings. The number of nitro groups is 1. The lowest BCUT2D eigenvalue weighted by atomic mass is 10.1. The molecule has 1 aliphatic heterocycles. The first-order chi connectivity index (χ1) is 8.99. The zero-order chi connectivity index (χ0) is 14.0. The van der Waals surface area contributed by atoms with E-state index in [1.807, 2.05) is 0 Å². The topological polar surface area (TPSA) is 63.5 Å². The molecule has 0 aromatic heterocycles. The molecule has 5 nitrogen and oxygen atoms in total. The molecule has 0 N–H and O–H groups in total. The van der Waals surface area contributed by atoms with Gasteiger partial charge in [0.1, 0.15) is 0 Å². The van der Waals surface area contributed by atoms with Crippen LogP contribution >= 0.6 is 11.6 Å². The number of halogens is 1. The molecule has 1 saturated heterocycles. The van der Waals surface area contributed by atoms with Crippen LogP contribution in [0.5, 0.6) is 0 Å². The quantitative estimate of drug-likeness (QED) is 0.476. The fraction of sp³-hybridized carbons (Fsp3) is 0.462. The SMILES string of the molecule is Cc1ccc(C(=O)N2CCC(Cl)CC2)cc1[N+](=O)[O-]. The second-order valence-corrected chi connectivity index (χ2v) is 5.34. The molecule has 0 radical (unpaired) electrons. The minimum absolute atomic E-state index is 0.0157. The second-order valence-electron chi connectivity index (χ2n) is 4.73. The minimum atomic E-state index is -0.461. The van der Waals surface area contributed by atoms with Crippen molar-refractivity contribution in [2.75, 3.05) is 13.1 Å². The van der Waals surface area contributed by atoms with E-state index in [0.29, 0.717) is 24.2 Å². The maximum Gasteiger partial charge on any atom is 0.273 e. The van der Waals surface area contributed by atoms with Crippen LogP contribution in [0.2, 0.25) is 0 Å². The first-order valence-corrected chi connectivity index (χ1v) is 6.61. The van der Waals surface area contributed by atoms with Crippen molar-refractivity contribution in [3.8, 4) is 0 Å². The summed E-state index contributed by atoms with van der Waals surface area (Å²) in [7, 11) is 0. The first kappa shape index (κ1) is 13.8. The van der Waals surface area contributed by atoms with Gasteiger partial charge in [-0.15, -0.1) is 11.6 Å². The van der Waals surface area contributed by atoms with E-state index in [4.69, 9.17) is 11.6 Å². The molecule has 0 unspecified atom stereocenters. The molecule has 2 rings (SSSR count). The Kier molecular flexibility index (Phi) is 4.04. The van der Waals surface area contributed by atoms with Crippen molar-refractivity contribution < 1.29 is 9.72 Å². The third-order valence-electron chi connectivity index (χ3n) is 3.36. The van der Waals surface area contributed by atoms with E-state index < -0.39 is 4.92 Å². The molecule has 0 aliphatic carbocycles. The number of nitrogens with zero attached hydrogens (tertiary/aromatic N) is 2. The molecule has 0 atom stereocenters. The number of hydrogen-bond donors (Lipinski definition) is 0. The number of rotatable bonds is 2. The molecule has 1 heterocycles. The fourth-order valence-electron chi connectivity index (χ4n) is 2.17. The monoisotopic (exact) mass is 282 g/mol. The minimum Gasteiger partial charge on any atom is -0.339 e. The normalized spacial score (nSPS) is 16.4. The van der Waals surface area contributed by atoms with Crippen LogP contribution in [0.4, 0.5) is 5.69 Å². The van der Waals surface area contributed by atoms with Gasteiger partial charge >= 0.3 is 0 Å². The molecular weight excluding hydrogens is 268 g/mol. The van der Waals surface area contributed by atoms with E-state index in [1.54, 1.807) is 24.0 Å². The number of likely N-dealkylation sites (tertiary alicyclic amines) is 1. The van der Waals surface area contributed by atoms with Crippen molar-refractivity contribution in [3.05, 3.63) is 39.4 Å². The highest BCUT2D eigenvalue weighted by molar-refractivity contribution is 6.20. The highest BCUT2D eigenvalue weighted by Gasteiger charge is 2.24. The molecule has 0 spiro atoms. The molecule has 6 heteroatoms. The standard InChI is InChI=1S/C13H15ClN2O3/c1-9-2-3-10(8-12(9)16(18)19)13(17)15-6-4-11(14)5-7-15/h2-3,8,11H,4-7H2,1H3. The zero-order valence-corrected chi connectivity index (χ0v) is 11.4. The average Bonchev–Trinajstić information content (AvgIpc) is 2.39. The number of carbonyl (C=O) groups excluding carboxylic acids is 1. The molecular formula is C13H15ClN2O3. The van der Waals surface area contributed by atoms with Gasteiger partial charge in [0, 0.05) is 35.7 Å². The predicted molar refractivity (Wildman–Crippen MR) is 72.6 cm³/mol. The maximum atomic E-state index is 12.3. The lowest BCUT2D eigenvalue weighted by Gasteiger charge is -2.29. The molecule has 0 saturated carbocycles. The van der Waals surface area contributed by atoms with E-state index in [0.717, 1.165) is 12.8 Å². The number of nitro benzene ring substituents is 1. The molecule has 1 amide bonds. The van der Waals surface area contributed by atoms with E-state index >= 15 is 0 Å². The highest BCUT2D eigenvalue weighted by Crippen LogP contribution is 2.22. The van der Waals surface area contributed by atoms with E-state index in [2.05, 4.69) is 0 Å². The Bertz CT molecular complexity index is 511. The molecule has 102 valence electrons. The summed E-state index contributed by atoms with van der Waals surface area (Å²) in [6.45, 7) is 2.87. The Hall–Kier alpha value is -1.62. The Balaban J connectivity index is 2.20. The molecule has 1 fully saturated rings. The van der Waals surface area contributed by atoms with Crippen molar-refractivity contribution in [2.45, 2.75) is 25.1 Å². The Labute approximate surface area is 116 Å². The first-order valence-electron chi connectivity index (χ1n) is 6.17. The predicted octanol–water partition coefficient (Wildman–Crippen LogP) is 2.75. The number of benzene rings is 1. The van der Waals surface area contributed by atoms with E-state index in [1.165, 1.54) is 6.07 Å². The van der Waals surface area contributed by atoms with Crippen molar-refractivity contribution in [2.24, 2.45) is 0 Å². The third-order valence-corrected chi connectivity index (χ3v) is 3.80. The van der Waals surface area contributed by atoms with Gasteiger partial charge < -0.3 is 4.90 Å². The summed E-state index contributed by atoms with van der Waals surface area (Å²) < 4.78 is 0. The van der Waals surface area contributed by atoms with Crippen LogP contribution < -0.4 is 0 Å². The van der Waals surface area contributed by atoms with Gasteiger partial charge in [-0.25, -0.2) is 0 Å². The van der Waals surface area contributed by atoms with Crippen molar-refractivity contribution in [1.82, 2.24) is 4.90 Å². The number of amides is 1. The number of hydrogen-bond acceptors (Lipinski definition) is 3. The van der Waals surface area contributed by atoms with Gasteiger partial charge in [-0.2, -0.15) is 0 Å². The maximum absolute atomic E-state index is 12.3. The number of carbonyl (C=O) groups is 1. The fourth-order valence-corrected chi connectivity index (χ4v) is 2.37. The van der Waals surface area contributed by atoms with Crippen LogP contribution in [0.1, 0.15) is 28.8 Å². The summed E-state index contributed by atoms with van der Waals surface area (Å²) in [6.07, 6.45) is 1.53. The van der Waals surface area contributed by atoms with Crippen LogP contribution in [0.25, 0.3) is 0 Å². The van der Waals surface area contributed by atoms with Crippen LogP contribution in [-0.4, -0.2) is 34.2 Å². The zero-order valence-electron chi connectivity index (χ0n) is 10.6. The number of piperidine rings is 1. The van der Waals surface area contributed by atoms with Crippen LogP contribution in [0.15, 0.2) is 18.2 Å². The largest absolute Gasteiger partial charge is 0.339 e. The van der Waals surface area contributed by atoms with Crippen molar-refractivity contribution in [3.63, 3.8) is 0 Å². The van der Waals surface area contributed by atoms with Gasteiger partial charge in [-0.05, 0) is 25.8 Å². The smallest absolute Gasteiger partial charge is 0.273 e. The Morgan fingerprint density at radius 2 is 2.05 bits per heavy atom. The van der Waals surface area contributed by atoms with Gasteiger partial charge in [-0.1, -0.05) is 6.07 Å². The van der Waals surface area contributed by atoms with Gasteiger partial charge in [0.2, 0.25) is 0 Å². The summed E-state index contributed by atoms with van der Waals surface area (Å²) in [4.78, 5) is 24.4. The summed E-state index contributed by atoms with van der Waals surface area (Å²) in [5.74, 6) is -0.160. The van der Waals surface area contributed by atoms with Gasteiger partial charge in [0.25, 0.3) is 11.6 Å². The molecule has 19 heavy (non-hydrogen) atoms. The third kappa shape index (κ3) is 3.04. The summed E-state index contributed by atoms with van der Waals surface area (Å²) in [6, 6.07) is 4.60. The van der Waals surface area contributed by atoms with Gasteiger partial charge in [0.15, 0.2) is 0 Å². The van der Waals surface area contributed by atoms with Crippen LogP contribution in [0, 0.1) is 17.0 Å². The summed E-state index contributed by atoms with van der Waals surface area (Å²) in [5, 5.41) is 11.0. The molecule has 1 aliphatic rings. The highest BCUT2D eigenvalue weighted by atomic mass is 35.5. The van der Waals surface area contributed by atoms with E-state index in [9.17, 15) is 14.9 Å². The number of aryl methyl sites for hydroxylation is 1. The summed E-state index contributed by atoms with van der Waals surface area (Å²) >= 11 is 5.99. The van der Waals surface area contributed by atoms with E-state index in [-0.39, 0.29) is 17.0 Å². The number of alkyl halides is 1. The van der Waals surface area contributed by atoms with Gasteiger partial charge in [-0.3, -0.25) is 14.9 Å². The van der Waals surface area contributed by atoms with Crippen LogP contribution in [0.3, 0.4) is 0 Å². The molecule has 0 bridgehead atoms. The Morgan fingerprint density at radius 1 is 1.42 bits per heavy atom. The van der Waals surface area contributed by atoms with Crippen molar-refractivity contribution in [1.29, 1.82) is 0 Å². The Morgan fingerprint density at radius 3 is 2.63 bits per heavy atom. The molecule has 1 aromatic carbocycles. The van der Waals surface area contributed by atoms with Crippen LogP contribution in [-0.2, 0) is 0 Å². The second kappa shape index (κ2) is 5.57. The average molecular weight is 283 g/mol. The van der Waals surface area contributed by atoms with Gasteiger partial charge in [0.05, 0.1) is 4.92 Å². The lowest BCUT2D eigenvalue weighted by molar-refractivity contribution is -0.385. The lowest BCUT2D eigenvalue weighted by Crippen LogP contribution is -2.38. The van der Waals surface area contributed by atoms with Crippen molar-refractivity contribution >= 4 is 23.2 Å².